The van der Waals surface area contributed by atoms with Gasteiger partial charge >= 0.3 is 0 Å². The van der Waals surface area contributed by atoms with Gasteiger partial charge < -0.3 is 0 Å². The zero-order valence-corrected chi connectivity index (χ0v) is 22.8. The highest BCUT2D eigenvalue weighted by Crippen LogP contribution is 2.40. The Bertz CT molecular complexity index is 2200. The van der Waals surface area contributed by atoms with Crippen LogP contribution in [0.15, 0.2) is 140 Å². The molecule has 0 amide bonds. The van der Waals surface area contributed by atoms with Gasteiger partial charge in [-0.15, -0.1) is 11.3 Å². The molecule has 0 radical (unpaired) electrons. The minimum absolute atomic E-state index is 0.660. The van der Waals surface area contributed by atoms with E-state index in [1.54, 1.807) is 0 Å². The Balaban J connectivity index is 1.25. The van der Waals surface area contributed by atoms with E-state index in [9.17, 15) is 0 Å². The van der Waals surface area contributed by atoms with Crippen LogP contribution in [0.5, 0.6) is 0 Å². The van der Waals surface area contributed by atoms with E-state index in [1.807, 2.05) is 41.7 Å². The van der Waals surface area contributed by atoms with Crippen LogP contribution in [0, 0.1) is 0 Å². The summed E-state index contributed by atoms with van der Waals surface area (Å²) in [6.45, 7) is 0. The molecule has 0 aliphatic carbocycles. The van der Waals surface area contributed by atoms with Gasteiger partial charge in [-0.1, -0.05) is 121 Å². The van der Waals surface area contributed by atoms with Crippen molar-refractivity contribution >= 4 is 42.3 Å². The minimum atomic E-state index is 0.660. The molecule has 2 heterocycles. The number of rotatable bonds is 4. The van der Waals surface area contributed by atoms with Crippen molar-refractivity contribution in [1.29, 1.82) is 0 Å². The molecule has 3 nitrogen and oxygen atoms in total. The lowest BCUT2D eigenvalue weighted by molar-refractivity contribution is 1.07. The van der Waals surface area contributed by atoms with Crippen molar-refractivity contribution in [1.82, 2.24) is 15.0 Å². The molecule has 0 atom stereocenters. The maximum absolute atomic E-state index is 4.97. The molecular formula is C37H23N3S. The van der Waals surface area contributed by atoms with Crippen LogP contribution >= 0.6 is 11.3 Å². The third-order valence-corrected chi connectivity index (χ3v) is 8.67. The highest BCUT2D eigenvalue weighted by atomic mass is 32.1. The predicted octanol–water partition coefficient (Wildman–Crippen LogP) is 10.1. The maximum atomic E-state index is 4.97. The number of thiophene rings is 1. The molecule has 0 aliphatic rings. The summed E-state index contributed by atoms with van der Waals surface area (Å²) in [7, 11) is 0. The van der Waals surface area contributed by atoms with Crippen molar-refractivity contribution in [2.24, 2.45) is 0 Å². The fraction of sp³-hybridized carbons (Fsp3) is 0. The molecule has 0 bridgehead atoms. The summed E-state index contributed by atoms with van der Waals surface area (Å²) in [5, 5.41) is 4.97. The van der Waals surface area contributed by atoms with Crippen LogP contribution in [-0.4, -0.2) is 15.0 Å². The molecule has 6 aromatic carbocycles. The first-order chi connectivity index (χ1) is 20.3. The van der Waals surface area contributed by atoms with E-state index in [0.29, 0.717) is 17.5 Å². The first kappa shape index (κ1) is 23.7. The zero-order chi connectivity index (χ0) is 27.2. The fourth-order valence-electron chi connectivity index (χ4n) is 5.49. The summed E-state index contributed by atoms with van der Waals surface area (Å²) in [4.78, 5) is 14.8. The average molecular weight is 542 g/mol. The Hall–Kier alpha value is -5.19. The Kier molecular flexibility index (Phi) is 5.64. The summed E-state index contributed by atoms with van der Waals surface area (Å²) in [5.74, 6) is 1.99. The van der Waals surface area contributed by atoms with Crippen molar-refractivity contribution in [2.75, 3.05) is 0 Å². The maximum Gasteiger partial charge on any atom is 0.164 e. The molecule has 0 saturated heterocycles. The summed E-state index contributed by atoms with van der Waals surface area (Å²) in [5.41, 5.74) is 5.31. The molecule has 192 valence electrons. The van der Waals surface area contributed by atoms with Crippen LogP contribution in [-0.2, 0) is 0 Å². The molecule has 4 heteroatoms. The van der Waals surface area contributed by atoms with Gasteiger partial charge in [-0.3, -0.25) is 0 Å². The number of nitrogens with zero attached hydrogens (tertiary/aromatic N) is 3. The van der Waals surface area contributed by atoms with Crippen LogP contribution in [0.3, 0.4) is 0 Å². The van der Waals surface area contributed by atoms with Gasteiger partial charge in [0, 0.05) is 36.9 Å². The van der Waals surface area contributed by atoms with Gasteiger partial charge in [-0.25, -0.2) is 15.0 Å². The first-order valence-corrected chi connectivity index (χ1v) is 14.4. The van der Waals surface area contributed by atoms with Gasteiger partial charge in [0.25, 0.3) is 0 Å². The van der Waals surface area contributed by atoms with Gasteiger partial charge in [-0.05, 0) is 40.1 Å². The average Bonchev–Trinajstić information content (AvgIpc) is 3.44. The molecule has 0 saturated carbocycles. The van der Waals surface area contributed by atoms with Crippen molar-refractivity contribution in [2.45, 2.75) is 0 Å². The second-order valence-electron chi connectivity index (χ2n) is 10.1. The number of hydrogen-bond acceptors (Lipinski definition) is 4. The van der Waals surface area contributed by atoms with Crippen LogP contribution in [0.1, 0.15) is 0 Å². The summed E-state index contributed by atoms with van der Waals surface area (Å²) in [6, 6.07) is 48.6. The van der Waals surface area contributed by atoms with Crippen LogP contribution < -0.4 is 0 Å². The Morgan fingerprint density at radius 3 is 1.78 bits per heavy atom. The normalized spacial score (nSPS) is 11.4. The molecule has 8 rings (SSSR count). The van der Waals surface area contributed by atoms with Crippen molar-refractivity contribution in [3.63, 3.8) is 0 Å². The second-order valence-corrected chi connectivity index (χ2v) is 11.2. The molecule has 0 unspecified atom stereocenters. The SMILES string of the molecule is c1ccc(-c2nc(-c3ccc(-c4cccc5sc6ccccc6c45)cc3)nc(-c3ccc4ccccc4c3)n2)cc1. The number of aromatic nitrogens is 3. The summed E-state index contributed by atoms with van der Waals surface area (Å²) >= 11 is 1.84. The minimum Gasteiger partial charge on any atom is -0.208 e. The summed E-state index contributed by atoms with van der Waals surface area (Å²) < 4.78 is 2.61. The van der Waals surface area contributed by atoms with Crippen LogP contribution in [0.25, 0.3) is 76.2 Å². The Labute approximate surface area is 241 Å². The molecule has 8 aromatic rings. The van der Waals surface area contributed by atoms with Crippen molar-refractivity contribution in [3.05, 3.63) is 140 Å². The van der Waals surface area contributed by atoms with Gasteiger partial charge in [0.15, 0.2) is 17.5 Å². The van der Waals surface area contributed by atoms with Crippen LogP contribution in [0.4, 0.5) is 0 Å². The molecular weight excluding hydrogens is 518 g/mol. The van der Waals surface area contributed by atoms with E-state index in [0.717, 1.165) is 22.1 Å². The smallest absolute Gasteiger partial charge is 0.164 e. The van der Waals surface area contributed by atoms with E-state index < -0.39 is 0 Å². The van der Waals surface area contributed by atoms with E-state index in [1.165, 1.54) is 36.7 Å². The summed E-state index contributed by atoms with van der Waals surface area (Å²) in [6.07, 6.45) is 0. The molecule has 0 spiro atoms. The molecule has 0 aliphatic heterocycles. The molecule has 0 fully saturated rings. The van der Waals surface area contributed by atoms with Gasteiger partial charge in [0.05, 0.1) is 0 Å². The van der Waals surface area contributed by atoms with Gasteiger partial charge in [0.1, 0.15) is 0 Å². The van der Waals surface area contributed by atoms with Gasteiger partial charge in [0.2, 0.25) is 0 Å². The number of hydrogen-bond donors (Lipinski definition) is 0. The third kappa shape index (κ3) is 4.26. The van der Waals surface area contributed by atoms with Gasteiger partial charge in [-0.2, -0.15) is 0 Å². The van der Waals surface area contributed by atoms with E-state index in [2.05, 4.69) is 109 Å². The standard InChI is InChI=1S/C37H23N3S/c1-2-10-26(11-3-1)35-38-36(40-37(39-35)29-22-17-24-9-4-5-12-28(24)23-29)27-20-18-25(19-21-27)30-14-8-16-33-34(30)31-13-6-7-15-32(31)41-33/h1-23H. The lowest BCUT2D eigenvalue weighted by Crippen LogP contribution is -2.00. The lowest BCUT2D eigenvalue weighted by atomic mass is 9.98. The monoisotopic (exact) mass is 541 g/mol. The molecule has 2 aromatic heterocycles. The predicted molar refractivity (Wildman–Crippen MR) is 172 cm³/mol. The van der Waals surface area contributed by atoms with E-state index in [-0.39, 0.29) is 0 Å². The third-order valence-electron chi connectivity index (χ3n) is 7.53. The number of benzene rings is 6. The zero-order valence-electron chi connectivity index (χ0n) is 22.0. The highest BCUT2D eigenvalue weighted by Gasteiger charge is 2.14. The fourth-order valence-corrected chi connectivity index (χ4v) is 6.63. The Morgan fingerprint density at radius 2 is 0.976 bits per heavy atom. The quantitative estimate of drug-likeness (QED) is 0.222. The Morgan fingerprint density at radius 1 is 0.390 bits per heavy atom. The second kappa shape index (κ2) is 9.77. The number of fused-ring (bicyclic) bond motifs is 4. The van der Waals surface area contributed by atoms with Crippen LogP contribution in [0.2, 0.25) is 0 Å². The topological polar surface area (TPSA) is 38.7 Å². The lowest BCUT2D eigenvalue weighted by Gasteiger charge is -2.10. The van der Waals surface area contributed by atoms with E-state index in [4.69, 9.17) is 15.0 Å². The van der Waals surface area contributed by atoms with Crippen molar-refractivity contribution in [3.8, 4) is 45.3 Å². The molecule has 0 N–H and O–H groups in total. The highest BCUT2D eigenvalue weighted by molar-refractivity contribution is 7.25. The van der Waals surface area contributed by atoms with Crippen molar-refractivity contribution < 1.29 is 0 Å². The first-order valence-electron chi connectivity index (χ1n) is 13.6. The molecule has 41 heavy (non-hydrogen) atoms. The largest absolute Gasteiger partial charge is 0.208 e. The van der Waals surface area contributed by atoms with E-state index >= 15 is 0 Å².